The average Bonchev–Trinajstić information content (AvgIpc) is 2.49. The van der Waals surface area contributed by atoms with Crippen molar-refractivity contribution < 1.29 is 23.1 Å². The van der Waals surface area contributed by atoms with Crippen LogP contribution in [0.15, 0.2) is 40.9 Å². The molecule has 0 amide bonds. The Bertz CT molecular complexity index is 812. The zero-order chi connectivity index (χ0) is 18.8. The van der Waals surface area contributed by atoms with Gasteiger partial charge in [0.15, 0.2) is 0 Å². The first-order valence-electron chi connectivity index (χ1n) is 6.77. The highest BCUT2D eigenvalue weighted by Gasteiger charge is 2.51. The summed E-state index contributed by atoms with van der Waals surface area (Å²) in [4.78, 5) is 17.6. The first-order valence-corrected chi connectivity index (χ1v) is 11.1. The lowest BCUT2D eigenvalue weighted by Crippen LogP contribution is -2.14. The highest BCUT2D eigenvalue weighted by atomic mass is 79.9. The van der Waals surface area contributed by atoms with Crippen molar-refractivity contribution in [2.75, 3.05) is 0 Å². The van der Waals surface area contributed by atoms with E-state index in [4.69, 9.17) is 33.0 Å². The maximum atomic E-state index is 13.8. The minimum absolute atomic E-state index is 0.0605. The molecule has 0 saturated heterocycles. The smallest absolute Gasteiger partial charge is 0.320 e. The van der Waals surface area contributed by atoms with E-state index in [1.807, 2.05) is 0 Å². The highest BCUT2D eigenvalue weighted by Crippen LogP contribution is 2.60. The van der Waals surface area contributed by atoms with E-state index in [9.17, 15) is 13.3 Å². The third-order valence-electron chi connectivity index (χ3n) is 3.30. The number of rotatable bonds is 6. The van der Waals surface area contributed by atoms with Crippen LogP contribution in [0.4, 0.5) is 8.78 Å². The maximum Gasteiger partial charge on any atom is 0.399 e. The van der Waals surface area contributed by atoms with E-state index in [0.29, 0.717) is 27.1 Å². The Morgan fingerprint density at radius 3 is 2.24 bits per heavy atom. The SMILES string of the molecule is O=P(O)(O)C(F)(F)c1ccc(CSCc2c(Cl)cccc2Cl)cc1Br. The van der Waals surface area contributed by atoms with Gasteiger partial charge in [0.1, 0.15) is 0 Å². The molecule has 0 aliphatic heterocycles. The Labute approximate surface area is 166 Å². The molecular weight excluding hydrogens is 480 g/mol. The van der Waals surface area contributed by atoms with Crippen molar-refractivity contribution >= 4 is 58.5 Å². The molecule has 25 heavy (non-hydrogen) atoms. The fourth-order valence-electron chi connectivity index (χ4n) is 1.99. The Balaban J connectivity index is 2.10. The van der Waals surface area contributed by atoms with Crippen LogP contribution in [0.5, 0.6) is 0 Å². The second kappa shape index (κ2) is 8.26. The summed E-state index contributed by atoms with van der Waals surface area (Å²) in [5.74, 6) is 1.03. The van der Waals surface area contributed by atoms with Gasteiger partial charge in [0, 0.05) is 31.6 Å². The molecule has 136 valence electrons. The predicted molar refractivity (Wildman–Crippen MR) is 102 cm³/mol. The summed E-state index contributed by atoms with van der Waals surface area (Å²) in [6.07, 6.45) is 0. The topological polar surface area (TPSA) is 57.5 Å². The standard InChI is InChI=1S/C15H12BrCl2F2O3PS/c16-12-6-9(4-5-11(12)15(19,20)24(21,22)23)7-25-8-10-13(17)2-1-3-14(10)18/h1-6H,7-8H2,(H2,21,22,23). The minimum atomic E-state index is -5.60. The molecule has 0 radical (unpaired) electrons. The van der Waals surface area contributed by atoms with Crippen LogP contribution in [-0.2, 0) is 21.7 Å². The summed E-state index contributed by atoms with van der Waals surface area (Å²) in [5, 5.41) is 1.11. The van der Waals surface area contributed by atoms with Crippen LogP contribution in [0.3, 0.4) is 0 Å². The zero-order valence-electron chi connectivity index (χ0n) is 12.4. The molecule has 0 fully saturated rings. The van der Waals surface area contributed by atoms with Crippen molar-refractivity contribution in [2.24, 2.45) is 0 Å². The summed E-state index contributed by atoms with van der Waals surface area (Å²) < 4.78 is 38.5. The Morgan fingerprint density at radius 2 is 1.72 bits per heavy atom. The molecule has 0 atom stereocenters. The van der Waals surface area contributed by atoms with Crippen molar-refractivity contribution in [2.45, 2.75) is 17.2 Å². The summed E-state index contributed by atoms with van der Waals surface area (Å²) in [5.41, 5.74) is -3.49. The minimum Gasteiger partial charge on any atom is -0.320 e. The monoisotopic (exact) mass is 490 g/mol. The van der Waals surface area contributed by atoms with Gasteiger partial charge in [0.25, 0.3) is 0 Å². The largest absolute Gasteiger partial charge is 0.399 e. The Morgan fingerprint density at radius 1 is 1.12 bits per heavy atom. The number of benzene rings is 2. The van der Waals surface area contributed by atoms with Crippen LogP contribution in [0.1, 0.15) is 16.7 Å². The number of hydrogen-bond acceptors (Lipinski definition) is 2. The first-order chi connectivity index (χ1) is 11.5. The Kier molecular flexibility index (Phi) is 6.99. The lowest BCUT2D eigenvalue weighted by Gasteiger charge is -2.19. The fraction of sp³-hybridized carbons (Fsp3) is 0.200. The molecule has 2 rings (SSSR count). The summed E-state index contributed by atoms with van der Waals surface area (Å²) >= 11 is 16.6. The number of hydrogen-bond donors (Lipinski definition) is 2. The quantitative estimate of drug-likeness (QED) is 0.458. The van der Waals surface area contributed by atoms with E-state index in [1.54, 1.807) is 18.2 Å². The van der Waals surface area contributed by atoms with Gasteiger partial charge in [-0.25, -0.2) is 0 Å². The lowest BCUT2D eigenvalue weighted by atomic mass is 10.1. The van der Waals surface area contributed by atoms with Crippen molar-refractivity contribution in [3.05, 3.63) is 67.6 Å². The third-order valence-corrected chi connectivity index (χ3v) is 6.67. The molecule has 0 aromatic heterocycles. The second-order valence-corrected chi connectivity index (χ2v) is 9.40. The number of thioether (sulfide) groups is 1. The molecule has 0 bridgehead atoms. The van der Waals surface area contributed by atoms with Crippen LogP contribution >= 0.6 is 58.5 Å². The van der Waals surface area contributed by atoms with Crippen LogP contribution in [0.25, 0.3) is 0 Å². The molecule has 2 aromatic rings. The molecule has 2 N–H and O–H groups in total. The summed E-state index contributed by atoms with van der Waals surface area (Å²) in [7, 11) is -5.60. The third kappa shape index (κ3) is 4.98. The van der Waals surface area contributed by atoms with E-state index in [2.05, 4.69) is 15.9 Å². The van der Waals surface area contributed by atoms with Gasteiger partial charge in [-0.15, -0.1) is 0 Å². The lowest BCUT2D eigenvalue weighted by molar-refractivity contribution is 0.0557. The van der Waals surface area contributed by atoms with Crippen LogP contribution in [-0.4, -0.2) is 9.79 Å². The molecule has 0 aliphatic carbocycles. The van der Waals surface area contributed by atoms with Crippen molar-refractivity contribution in [1.29, 1.82) is 0 Å². The predicted octanol–water partition coefficient (Wildman–Crippen LogP) is 6.42. The molecule has 0 heterocycles. The maximum absolute atomic E-state index is 13.8. The fourth-order valence-corrected chi connectivity index (χ4v) is 5.05. The molecule has 0 spiro atoms. The average molecular weight is 492 g/mol. The molecule has 10 heteroatoms. The van der Waals surface area contributed by atoms with Crippen LogP contribution in [0, 0.1) is 0 Å². The van der Waals surface area contributed by atoms with Gasteiger partial charge in [-0.1, -0.05) is 57.3 Å². The molecule has 2 aromatic carbocycles. The van der Waals surface area contributed by atoms with Crippen LogP contribution < -0.4 is 0 Å². The van der Waals surface area contributed by atoms with Crippen molar-refractivity contribution in [3.8, 4) is 0 Å². The van der Waals surface area contributed by atoms with Gasteiger partial charge >= 0.3 is 13.3 Å². The number of alkyl halides is 2. The van der Waals surface area contributed by atoms with Gasteiger partial charge < -0.3 is 9.79 Å². The zero-order valence-corrected chi connectivity index (χ0v) is 17.2. The molecule has 0 saturated carbocycles. The van der Waals surface area contributed by atoms with E-state index >= 15 is 0 Å². The molecule has 0 aliphatic rings. The van der Waals surface area contributed by atoms with Gasteiger partial charge in [-0.2, -0.15) is 20.5 Å². The van der Waals surface area contributed by atoms with Gasteiger partial charge in [-0.05, 0) is 29.3 Å². The van der Waals surface area contributed by atoms with E-state index in [-0.39, 0.29) is 4.47 Å². The van der Waals surface area contributed by atoms with E-state index < -0.39 is 18.8 Å². The highest BCUT2D eigenvalue weighted by molar-refractivity contribution is 9.10. The van der Waals surface area contributed by atoms with Crippen molar-refractivity contribution in [3.63, 3.8) is 0 Å². The van der Waals surface area contributed by atoms with Gasteiger partial charge in [0.2, 0.25) is 0 Å². The van der Waals surface area contributed by atoms with Gasteiger partial charge in [0.05, 0.1) is 0 Å². The van der Waals surface area contributed by atoms with E-state index in [0.717, 1.165) is 11.6 Å². The summed E-state index contributed by atoms with van der Waals surface area (Å²) in [6, 6.07) is 9.06. The molecular formula is C15H12BrCl2F2O3PS. The van der Waals surface area contributed by atoms with Crippen LogP contribution in [0.2, 0.25) is 10.0 Å². The molecule has 3 nitrogen and oxygen atoms in total. The first kappa shape index (κ1) is 21.2. The Hall–Kier alpha value is -0.140. The van der Waals surface area contributed by atoms with E-state index in [1.165, 1.54) is 23.9 Å². The normalized spacial score (nSPS) is 12.4. The summed E-state index contributed by atoms with van der Waals surface area (Å²) in [6.45, 7) is 0. The number of halogens is 5. The van der Waals surface area contributed by atoms with Gasteiger partial charge in [-0.3, -0.25) is 4.57 Å². The molecule has 0 unspecified atom stereocenters. The van der Waals surface area contributed by atoms with Crippen molar-refractivity contribution in [1.82, 2.24) is 0 Å². The second-order valence-electron chi connectivity index (χ2n) is 5.09.